The fourth-order valence-corrected chi connectivity index (χ4v) is 4.91. The van der Waals surface area contributed by atoms with Crippen molar-refractivity contribution in [2.24, 2.45) is 0 Å². The normalized spacial score (nSPS) is 11.9. The summed E-state index contributed by atoms with van der Waals surface area (Å²) in [7, 11) is -2.36. The molecule has 1 heterocycles. The number of hydrogen-bond donors (Lipinski definition) is 2. The molecule has 30 heavy (non-hydrogen) atoms. The van der Waals surface area contributed by atoms with E-state index in [1.165, 1.54) is 23.5 Å². The third kappa shape index (κ3) is 4.56. The van der Waals surface area contributed by atoms with Crippen molar-refractivity contribution in [3.05, 3.63) is 69.5 Å². The molecule has 0 atom stereocenters. The van der Waals surface area contributed by atoms with E-state index in [4.69, 9.17) is 4.74 Å². The largest absolute Gasteiger partial charge is 0.497 e. The number of aryl methyl sites for hydroxylation is 2. The minimum atomic E-state index is -3.87. The van der Waals surface area contributed by atoms with Gasteiger partial charge in [0.1, 0.15) is 5.75 Å². The van der Waals surface area contributed by atoms with Crippen LogP contribution in [0.4, 0.5) is 0 Å². The highest BCUT2D eigenvalue weighted by Crippen LogP contribution is 2.23. The molecule has 0 saturated heterocycles. The molecule has 3 rings (SSSR count). The zero-order chi connectivity index (χ0) is 21.9. The Bertz CT molecular complexity index is 1200. The van der Waals surface area contributed by atoms with Crippen LogP contribution in [0.3, 0.4) is 0 Å². The Kier molecular flexibility index (Phi) is 6.60. The maximum atomic E-state index is 13.2. The number of pyridine rings is 1. The van der Waals surface area contributed by atoms with Crippen molar-refractivity contribution < 1.29 is 18.3 Å². The third-order valence-corrected chi connectivity index (χ3v) is 6.86. The van der Waals surface area contributed by atoms with Gasteiger partial charge in [0.25, 0.3) is 5.56 Å². The second-order valence-corrected chi connectivity index (χ2v) is 9.20. The molecule has 1 aromatic heterocycles. The number of aliphatic hydroxyl groups excluding tert-OH is 1. The van der Waals surface area contributed by atoms with Gasteiger partial charge in [-0.05, 0) is 67.8 Å². The number of benzene rings is 2. The number of nitrogens with zero attached hydrogens (tertiary/aromatic N) is 1. The minimum absolute atomic E-state index is 0.0903. The van der Waals surface area contributed by atoms with Crippen LogP contribution in [0.15, 0.2) is 52.2 Å². The lowest BCUT2D eigenvalue weighted by molar-refractivity contribution is 0.267. The van der Waals surface area contributed by atoms with Crippen molar-refractivity contribution in [2.75, 3.05) is 20.3 Å². The molecule has 0 radical (unpaired) electrons. The molecule has 0 saturated carbocycles. The summed E-state index contributed by atoms with van der Waals surface area (Å²) in [5.74, 6) is 0.549. The first-order valence-corrected chi connectivity index (χ1v) is 11.1. The first-order chi connectivity index (χ1) is 14.3. The summed E-state index contributed by atoms with van der Waals surface area (Å²) in [6.45, 7) is 3.76. The number of fused-ring (bicyclic) bond motifs is 1. The molecule has 7 nitrogen and oxygen atoms in total. The van der Waals surface area contributed by atoms with Crippen molar-refractivity contribution >= 4 is 20.9 Å². The van der Waals surface area contributed by atoms with E-state index >= 15 is 0 Å². The van der Waals surface area contributed by atoms with E-state index in [0.717, 1.165) is 22.0 Å². The summed E-state index contributed by atoms with van der Waals surface area (Å²) < 4.78 is 32.8. The zero-order valence-electron chi connectivity index (χ0n) is 17.3. The summed E-state index contributed by atoms with van der Waals surface area (Å²) in [6.07, 6.45) is 0.263. The Labute approximate surface area is 176 Å². The van der Waals surface area contributed by atoms with E-state index in [9.17, 15) is 18.3 Å². The summed E-state index contributed by atoms with van der Waals surface area (Å²) in [5, 5.41) is 10.1. The van der Waals surface area contributed by atoms with Crippen LogP contribution < -0.4 is 10.3 Å². The summed E-state index contributed by atoms with van der Waals surface area (Å²) in [4.78, 5) is 15.6. The Balaban J connectivity index is 2.02. The third-order valence-electron chi connectivity index (χ3n) is 5.00. The van der Waals surface area contributed by atoms with Gasteiger partial charge in [-0.2, -0.15) is 4.31 Å². The van der Waals surface area contributed by atoms with Crippen LogP contribution in [0, 0.1) is 13.8 Å². The van der Waals surface area contributed by atoms with E-state index in [1.54, 1.807) is 18.2 Å². The molecule has 0 aliphatic rings. The van der Waals surface area contributed by atoms with E-state index in [1.807, 2.05) is 26.0 Å². The minimum Gasteiger partial charge on any atom is -0.497 e. The van der Waals surface area contributed by atoms with E-state index in [0.29, 0.717) is 11.3 Å². The quantitative estimate of drug-likeness (QED) is 0.572. The van der Waals surface area contributed by atoms with Gasteiger partial charge in [-0.25, -0.2) is 8.42 Å². The SMILES string of the molecule is COc1ccc(S(=O)(=O)N(CCCO)Cc2cc3c(C)cc(C)cc3[nH]c2=O)cc1. The molecule has 0 aliphatic heterocycles. The van der Waals surface area contributed by atoms with Crippen molar-refractivity contribution in [3.8, 4) is 5.75 Å². The maximum absolute atomic E-state index is 13.2. The number of aromatic amines is 1. The lowest BCUT2D eigenvalue weighted by Gasteiger charge is -2.22. The molecule has 0 amide bonds. The molecule has 0 unspecified atom stereocenters. The van der Waals surface area contributed by atoms with Gasteiger partial charge in [0, 0.05) is 36.2 Å². The molecular weight excluding hydrogens is 404 g/mol. The molecule has 160 valence electrons. The molecule has 0 aliphatic carbocycles. The molecule has 8 heteroatoms. The van der Waals surface area contributed by atoms with Gasteiger partial charge in [0.05, 0.1) is 12.0 Å². The van der Waals surface area contributed by atoms with Crippen LogP contribution in [0.5, 0.6) is 5.75 Å². The van der Waals surface area contributed by atoms with Crippen LogP contribution in [0.1, 0.15) is 23.1 Å². The average Bonchev–Trinajstić information content (AvgIpc) is 2.71. The Morgan fingerprint density at radius 3 is 2.43 bits per heavy atom. The number of nitrogens with one attached hydrogen (secondary N) is 1. The number of sulfonamides is 1. The second-order valence-electron chi connectivity index (χ2n) is 7.26. The van der Waals surface area contributed by atoms with Crippen LogP contribution in [0.25, 0.3) is 10.9 Å². The maximum Gasteiger partial charge on any atom is 0.252 e. The Morgan fingerprint density at radius 2 is 1.80 bits per heavy atom. The first-order valence-electron chi connectivity index (χ1n) is 9.64. The number of ether oxygens (including phenoxy) is 1. The highest BCUT2D eigenvalue weighted by molar-refractivity contribution is 7.89. The Morgan fingerprint density at radius 1 is 1.10 bits per heavy atom. The van der Waals surface area contributed by atoms with Gasteiger partial charge in [-0.3, -0.25) is 4.79 Å². The molecule has 0 spiro atoms. The summed E-state index contributed by atoms with van der Waals surface area (Å²) in [6, 6.07) is 11.7. The zero-order valence-corrected chi connectivity index (χ0v) is 18.1. The molecule has 3 aromatic rings. The summed E-state index contributed by atoms with van der Waals surface area (Å²) >= 11 is 0. The first kappa shape index (κ1) is 22.0. The number of aliphatic hydroxyl groups is 1. The van der Waals surface area contributed by atoms with Gasteiger partial charge in [-0.15, -0.1) is 0 Å². The molecular formula is C22H26N2O5S. The molecule has 0 bridgehead atoms. The van der Waals surface area contributed by atoms with Gasteiger partial charge in [0.2, 0.25) is 10.0 Å². The topological polar surface area (TPSA) is 99.7 Å². The van der Waals surface area contributed by atoms with Gasteiger partial charge in [0.15, 0.2) is 0 Å². The van der Waals surface area contributed by atoms with Gasteiger partial charge >= 0.3 is 0 Å². The smallest absolute Gasteiger partial charge is 0.252 e. The van der Waals surface area contributed by atoms with Crippen LogP contribution >= 0.6 is 0 Å². The van der Waals surface area contributed by atoms with E-state index in [2.05, 4.69) is 4.98 Å². The predicted molar refractivity (Wildman–Crippen MR) is 116 cm³/mol. The standard InChI is InChI=1S/C22H26N2O5S/c1-15-11-16(2)20-13-17(22(26)23-21(20)12-15)14-24(9-4-10-25)30(27,28)19-7-5-18(29-3)6-8-19/h5-8,11-13,25H,4,9-10,14H2,1-3H3,(H,23,26). The number of hydrogen-bond acceptors (Lipinski definition) is 5. The van der Waals surface area contributed by atoms with Crippen molar-refractivity contribution in [1.29, 1.82) is 0 Å². The van der Waals surface area contributed by atoms with E-state index < -0.39 is 10.0 Å². The Hall–Kier alpha value is -2.68. The number of methoxy groups -OCH3 is 1. The average molecular weight is 431 g/mol. The molecule has 2 N–H and O–H groups in total. The highest BCUT2D eigenvalue weighted by Gasteiger charge is 2.25. The highest BCUT2D eigenvalue weighted by atomic mass is 32.2. The fourth-order valence-electron chi connectivity index (χ4n) is 3.45. The predicted octanol–water partition coefficient (Wildman–Crippen LogP) is 2.73. The van der Waals surface area contributed by atoms with Crippen LogP contribution in [0.2, 0.25) is 0 Å². The van der Waals surface area contributed by atoms with E-state index in [-0.39, 0.29) is 36.6 Å². The van der Waals surface area contributed by atoms with Crippen molar-refractivity contribution in [2.45, 2.75) is 31.7 Å². The second kappa shape index (κ2) is 8.99. The molecule has 2 aromatic carbocycles. The molecule has 0 fully saturated rings. The van der Waals surface area contributed by atoms with Crippen molar-refractivity contribution in [3.63, 3.8) is 0 Å². The number of rotatable bonds is 8. The van der Waals surface area contributed by atoms with Gasteiger partial charge < -0.3 is 14.8 Å². The fraction of sp³-hybridized carbons (Fsp3) is 0.318. The summed E-state index contributed by atoms with van der Waals surface area (Å²) in [5.41, 5.74) is 2.79. The van der Waals surface area contributed by atoms with Crippen LogP contribution in [-0.2, 0) is 16.6 Å². The monoisotopic (exact) mass is 430 g/mol. The number of aromatic nitrogens is 1. The lowest BCUT2D eigenvalue weighted by Crippen LogP contribution is -2.34. The lowest BCUT2D eigenvalue weighted by atomic mass is 10.0. The van der Waals surface area contributed by atoms with Crippen LogP contribution in [-0.4, -0.2) is 43.1 Å². The van der Waals surface area contributed by atoms with Crippen molar-refractivity contribution in [1.82, 2.24) is 9.29 Å². The number of H-pyrrole nitrogens is 1. The van der Waals surface area contributed by atoms with Gasteiger partial charge in [-0.1, -0.05) is 6.07 Å².